The molecule has 1 aromatic rings. The Bertz CT molecular complexity index is 613. The van der Waals surface area contributed by atoms with Crippen LogP contribution in [0, 0.1) is 6.92 Å². The molecule has 0 saturated heterocycles. The summed E-state index contributed by atoms with van der Waals surface area (Å²) in [6, 6.07) is 0.614. The predicted molar refractivity (Wildman–Crippen MR) is 60.5 cm³/mol. The standard InChI is InChI=1S/C10H11F3N2O4S/c1-3-19-8(16)5-20(17,18)9-14-6(2)4-7(15-9)10(11,12)13/h4H,3,5H2,1-2H3. The number of rotatable bonds is 4. The van der Waals surface area contributed by atoms with Crippen LogP contribution in [0.4, 0.5) is 13.2 Å². The fraction of sp³-hybridized carbons (Fsp3) is 0.500. The van der Waals surface area contributed by atoms with Crippen LogP contribution in [0.25, 0.3) is 0 Å². The van der Waals surface area contributed by atoms with Gasteiger partial charge in [0.1, 0.15) is 5.69 Å². The molecule has 0 aliphatic heterocycles. The van der Waals surface area contributed by atoms with E-state index in [-0.39, 0.29) is 12.3 Å². The summed E-state index contributed by atoms with van der Waals surface area (Å²) in [5, 5.41) is -1.04. The van der Waals surface area contributed by atoms with E-state index >= 15 is 0 Å². The summed E-state index contributed by atoms with van der Waals surface area (Å²) in [7, 11) is -4.38. The summed E-state index contributed by atoms with van der Waals surface area (Å²) in [6.45, 7) is 2.62. The van der Waals surface area contributed by atoms with Gasteiger partial charge in [0.15, 0.2) is 5.75 Å². The number of hydrogen-bond donors (Lipinski definition) is 0. The van der Waals surface area contributed by atoms with Crippen LogP contribution in [-0.4, -0.2) is 36.7 Å². The van der Waals surface area contributed by atoms with E-state index in [2.05, 4.69) is 14.7 Å². The summed E-state index contributed by atoms with van der Waals surface area (Å²) in [5.74, 6) is -2.19. The molecule has 0 N–H and O–H groups in total. The summed E-state index contributed by atoms with van der Waals surface area (Å²) < 4.78 is 65.6. The van der Waals surface area contributed by atoms with Crippen molar-refractivity contribution in [3.05, 3.63) is 17.5 Å². The van der Waals surface area contributed by atoms with Gasteiger partial charge < -0.3 is 4.74 Å². The number of aromatic nitrogens is 2. The van der Waals surface area contributed by atoms with Gasteiger partial charge in [0.25, 0.3) is 0 Å². The molecule has 0 unspecified atom stereocenters. The highest BCUT2D eigenvalue weighted by molar-refractivity contribution is 7.91. The summed E-state index contributed by atoms with van der Waals surface area (Å²) in [4.78, 5) is 17.5. The van der Waals surface area contributed by atoms with E-state index < -0.39 is 38.6 Å². The molecule has 0 aromatic carbocycles. The van der Waals surface area contributed by atoms with Crippen LogP contribution in [0.3, 0.4) is 0 Å². The fourth-order valence-electron chi connectivity index (χ4n) is 1.25. The molecular formula is C10H11F3N2O4S. The lowest BCUT2D eigenvalue weighted by Gasteiger charge is -2.09. The molecule has 0 saturated carbocycles. The van der Waals surface area contributed by atoms with Gasteiger partial charge >= 0.3 is 12.1 Å². The molecule has 0 atom stereocenters. The maximum absolute atomic E-state index is 12.5. The number of ether oxygens (including phenoxy) is 1. The molecule has 0 bridgehead atoms. The van der Waals surface area contributed by atoms with Crippen molar-refractivity contribution in [3.63, 3.8) is 0 Å². The smallest absolute Gasteiger partial charge is 0.433 e. The first-order valence-corrected chi connectivity index (χ1v) is 7.02. The van der Waals surface area contributed by atoms with Crippen molar-refractivity contribution in [2.75, 3.05) is 12.4 Å². The van der Waals surface area contributed by atoms with Gasteiger partial charge in [-0.05, 0) is 19.9 Å². The van der Waals surface area contributed by atoms with Crippen LogP contribution >= 0.6 is 0 Å². The maximum Gasteiger partial charge on any atom is 0.433 e. The Morgan fingerprint density at radius 1 is 1.35 bits per heavy atom. The molecule has 1 rings (SSSR count). The molecule has 0 radical (unpaired) electrons. The molecule has 6 nitrogen and oxygen atoms in total. The minimum absolute atomic E-state index is 0.0448. The van der Waals surface area contributed by atoms with Gasteiger partial charge in [-0.1, -0.05) is 0 Å². The molecule has 0 spiro atoms. The Morgan fingerprint density at radius 2 is 1.95 bits per heavy atom. The molecule has 1 heterocycles. The first-order valence-electron chi connectivity index (χ1n) is 5.37. The Hall–Kier alpha value is -1.71. The average Bonchev–Trinajstić information content (AvgIpc) is 2.26. The zero-order valence-electron chi connectivity index (χ0n) is 10.6. The second-order valence-electron chi connectivity index (χ2n) is 3.74. The van der Waals surface area contributed by atoms with E-state index in [1.807, 2.05) is 0 Å². The van der Waals surface area contributed by atoms with Crippen molar-refractivity contribution in [3.8, 4) is 0 Å². The van der Waals surface area contributed by atoms with Crippen LogP contribution in [0.1, 0.15) is 18.3 Å². The van der Waals surface area contributed by atoms with Crippen LogP contribution in [0.15, 0.2) is 11.2 Å². The van der Waals surface area contributed by atoms with E-state index in [0.717, 1.165) is 0 Å². The number of halogens is 3. The van der Waals surface area contributed by atoms with Crippen molar-refractivity contribution in [1.29, 1.82) is 0 Å². The largest absolute Gasteiger partial charge is 0.465 e. The van der Waals surface area contributed by atoms with E-state index in [1.54, 1.807) is 0 Å². The van der Waals surface area contributed by atoms with E-state index in [9.17, 15) is 26.4 Å². The van der Waals surface area contributed by atoms with Crippen LogP contribution in [0.2, 0.25) is 0 Å². The number of carbonyl (C=O) groups excluding carboxylic acids is 1. The van der Waals surface area contributed by atoms with Crippen molar-refractivity contribution in [2.24, 2.45) is 0 Å². The third-order valence-electron chi connectivity index (χ3n) is 2.02. The minimum atomic E-state index is -4.80. The highest BCUT2D eigenvalue weighted by Gasteiger charge is 2.35. The SMILES string of the molecule is CCOC(=O)CS(=O)(=O)c1nc(C)cc(C(F)(F)F)n1. The highest BCUT2D eigenvalue weighted by atomic mass is 32.2. The molecule has 0 fully saturated rings. The number of alkyl halides is 3. The maximum atomic E-state index is 12.5. The third kappa shape index (κ3) is 4.15. The van der Waals surface area contributed by atoms with Gasteiger partial charge in [0.05, 0.1) is 6.61 Å². The lowest BCUT2D eigenvalue weighted by molar-refractivity contribution is -0.141. The zero-order chi connectivity index (χ0) is 15.6. The van der Waals surface area contributed by atoms with Gasteiger partial charge in [-0.25, -0.2) is 18.4 Å². The first-order chi connectivity index (χ1) is 9.06. The average molecular weight is 312 g/mol. The Kier molecular flexibility index (Phi) is 4.69. The Morgan fingerprint density at radius 3 is 2.45 bits per heavy atom. The molecule has 1 aromatic heterocycles. The van der Waals surface area contributed by atoms with Crippen LogP contribution in [-0.2, 0) is 25.5 Å². The monoisotopic (exact) mass is 312 g/mol. The topological polar surface area (TPSA) is 86.2 Å². The first kappa shape index (κ1) is 16.3. The minimum Gasteiger partial charge on any atom is -0.465 e. The fourth-order valence-corrected chi connectivity index (χ4v) is 2.29. The third-order valence-corrected chi connectivity index (χ3v) is 3.37. The highest BCUT2D eigenvalue weighted by Crippen LogP contribution is 2.28. The molecule has 0 aliphatic carbocycles. The second-order valence-corrected chi connectivity index (χ2v) is 5.62. The number of hydrogen-bond acceptors (Lipinski definition) is 6. The van der Waals surface area contributed by atoms with E-state index in [1.165, 1.54) is 13.8 Å². The van der Waals surface area contributed by atoms with Crippen molar-refractivity contribution in [1.82, 2.24) is 9.97 Å². The number of carbonyl (C=O) groups is 1. The molecule has 10 heteroatoms. The summed E-state index contributed by atoms with van der Waals surface area (Å²) in [5.41, 5.74) is -1.55. The van der Waals surface area contributed by atoms with Crippen molar-refractivity contribution in [2.45, 2.75) is 25.2 Å². The number of aryl methyl sites for hydroxylation is 1. The van der Waals surface area contributed by atoms with Crippen molar-refractivity contribution >= 4 is 15.8 Å². The molecule has 112 valence electrons. The molecule has 0 aliphatic rings. The zero-order valence-corrected chi connectivity index (χ0v) is 11.4. The van der Waals surface area contributed by atoms with Crippen molar-refractivity contribution < 1.29 is 31.1 Å². The lowest BCUT2D eigenvalue weighted by Crippen LogP contribution is -2.22. The van der Waals surface area contributed by atoms with Gasteiger partial charge in [0.2, 0.25) is 15.0 Å². The predicted octanol–water partition coefficient (Wildman–Crippen LogP) is 1.14. The van der Waals surface area contributed by atoms with E-state index in [0.29, 0.717) is 6.07 Å². The molecule has 0 amide bonds. The van der Waals surface area contributed by atoms with E-state index in [4.69, 9.17) is 0 Å². The number of nitrogens with zero attached hydrogens (tertiary/aromatic N) is 2. The number of sulfone groups is 1. The van der Waals surface area contributed by atoms with Gasteiger partial charge in [-0.15, -0.1) is 0 Å². The molecule has 20 heavy (non-hydrogen) atoms. The summed E-state index contributed by atoms with van der Waals surface area (Å²) >= 11 is 0. The Balaban J connectivity index is 3.19. The quantitative estimate of drug-likeness (QED) is 0.612. The van der Waals surface area contributed by atoms with Gasteiger partial charge in [-0.2, -0.15) is 13.2 Å². The lowest BCUT2D eigenvalue weighted by atomic mass is 10.3. The normalized spacial score (nSPS) is 12.2. The molecular weight excluding hydrogens is 301 g/mol. The number of esters is 1. The van der Waals surface area contributed by atoms with Gasteiger partial charge in [0, 0.05) is 5.69 Å². The Labute approximate surface area is 112 Å². The van der Waals surface area contributed by atoms with Crippen LogP contribution < -0.4 is 0 Å². The summed E-state index contributed by atoms with van der Waals surface area (Å²) in [6.07, 6.45) is -4.80. The van der Waals surface area contributed by atoms with Crippen LogP contribution in [0.5, 0.6) is 0 Å². The second kappa shape index (κ2) is 5.73. The van der Waals surface area contributed by atoms with Gasteiger partial charge in [-0.3, -0.25) is 4.79 Å².